The van der Waals surface area contributed by atoms with E-state index in [4.69, 9.17) is 5.11 Å². The van der Waals surface area contributed by atoms with Crippen LogP contribution in [0.25, 0.3) is 0 Å². The van der Waals surface area contributed by atoms with Crippen molar-refractivity contribution in [2.24, 2.45) is 0 Å². The fourth-order valence-electron chi connectivity index (χ4n) is 1.51. The number of nitrogens with zero attached hydrogens (tertiary/aromatic N) is 4. The molecule has 1 amide bonds. The van der Waals surface area contributed by atoms with E-state index in [0.717, 1.165) is 17.1 Å². The first-order chi connectivity index (χ1) is 9.95. The lowest BCUT2D eigenvalue weighted by molar-refractivity contribution is -0.385. The largest absolute Gasteiger partial charge is 0.477 e. The van der Waals surface area contributed by atoms with Gasteiger partial charge < -0.3 is 10.4 Å². The van der Waals surface area contributed by atoms with Crippen LogP contribution in [0.15, 0.2) is 30.7 Å². The average Bonchev–Trinajstić information content (AvgIpc) is 2.87. The molecule has 0 aliphatic carbocycles. The summed E-state index contributed by atoms with van der Waals surface area (Å²) >= 11 is 0. The second-order valence-corrected chi connectivity index (χ2v) is 3.94. The Balaban J connectivity index is 2.02. The number of carboxylic acid groups (broad SMARTS) is 1. The number of nitrogens with one attached hydrogen (secondary N) is 1. The van der Waals surface area contributed by atoms with Crippen LogP contribution in [0.3, 0.4) is 0 Å². The van der Waals surface area contributed by atoms with E-state index in [1.807, 2.05) is 0 Å². The van der Waals surface area contributed by atoms with Crippen LogP contribution in [-0.2, 0) is 11.3 Å². The molecule has 0 bridgehead atoms. The minimum atomic E-state index is -1.21. The average molecular weight is 291 g/mol. The van der Waals surface area contributed by atoms with Crippen LogP contribution in [-0.4, -0.2) is 36.7 Å². The summed E-state index contributed by atoms with van der Waals surface area (Å²) in [4.78, 5) is 35.9. The molecule has 0 unspecified atom stereocenters. The van der Waals surface area contributed by atoms with Crippen molar-refractivity contribution in [3.05, 3.63) is 46.5 Å². The zero-order valence-corrected chi connectivity index (χ0v) is 10.5. The predicted octanol–water partition coefficient (Wildman–Crippen LogP) is 0.523. The lowest BCUT2D eigenvalue weighted by Crippen LogP contribution is -2.19. The van der Waals surface area contributed by atoms with E-state index in [0.29, 0.717) is 0 Å². The maximum atomic E-state index is 11.7. The van der Waals surface area contributed by atoms with Crippen LogP contribution in [0.4, 0.5) is 11.4 Å². The molecule has 0 radical (unpaired) electrons. The van der Waals surface area contributed by atoms with Gasteiger partial charge in [0.25, 0.3) is 0 Å². The van der Waals surface area contributed by atoms with Gasteiger partial charge in [-0.25, -0.2) is 9.78 Å². The first kappa shape index (κ1) is 14.1. The van der Waals surface area contributed by atoms with E-state index in [2.05, 4.69) is 15.4 Å². The molecule has 0 aliphatic heterocycles. The summed E-state index contributed by atoms with van der Waals surface area (Å²) in [6.45, 7) is -0.238. The number of hydrogen-bond donors (Lipinski definition) is 2. The molecule has 10 nitrogen and oxygen atoms in total. The summed E-state index contributed by atoms with van der Waals surface area (Å²) in [5.41, 5.74) is -0.170. The van der Waals surface area contributed by atoms with Crippen LogP contribution in [0, 0.1) is 10.1 Å². The van der Waals surface area contributed by atoms with Crippen LogP contribution in [0.5, 0.6) is 0 Å². The molecule has 0 saturated carbocycles. The summed E-state index contributed by atoms with van der Waals surface area (Å²) in [6.07, 6.45) is 3.40. The molecular formula is C11H9N5O5. The predicted molar refractivity (Wildman–Crippen MR) is 68.7 cm³/mol. The lowest BCUT2D eigenvalue weighted by Gasteiger charge is -2.05. The van der Waals surface area contributed by atoms with Gasteiger partial charge in [-0.3, -0.25) is 19.6 Å². The maximum Gasteiger partial charge on any atom is 0.354 e. The van der Waals surface area contributed by atoms with Crippen molar-refractivity contribution < 1.29 is 19.6 Å². The van der Waals surface area contributed by atoms with E-state index in [1.165, 1.54) is 18.3 Å². The summed E-state index contributed by atoms with van der Waals surface area (Å²) in [5.74, 6) is -1.72. The van der Waals surface area contributed by atoms with Crippen molar-refractivity contribution in [2.45, 2.75) is 6.54 Å². The quantitative estimate of drug-likeness (QED) is 0.604. The minimum absolute atomic E-state index is 0.206. The molecular weight excluding hydrogens is 282 g/mol. The topological polar surface area (TPSA) is 140 Å². The second kappa shape index (κ2) is 5.77. The van der Waals surface area contributed by atoms with Gasteiger partial charge in [0.05, 0.1) is 4.92 Å². The highest BCUT2D eigenvalue weighted by atomic mass is 16.6. The Hall–Kier alpha value is -3.30. The molecule has 0 saturated heterocycles. The summed E-state index contributed by atoms with van der Waals surface area (Å²) < 4.78 is 1.10. The number of amides is 1. The number of nitro groups is 1. The molecule has 2 heterocycles. The fourth-order valence-corrected chi connectivity index (χ4v) is 1.51. The summed E-state index contributed by atoms with van der Waals surface area (Å²) in [7, 11) is 0. The fraction of sp³-hybridized carbons (Fsp3) is 0.0909. The molecule has 2 aromatic rings. The SMILES string of the molecule is O=C(Cn1cc([N+](=O)[O-])cn1)Nc1ccnc(C(=O)O)c1. The number of hydrogen-bond acceptors (Lipinski definition) is 6. The van der Waals surface area contributed by atoms with Gasteiger partial charge in [-0.05, 0) is 12.1 Å². The number of aromatic carboxylic acids is 1. The van der Waals surface area contributed by atoms with Crippen LogP contribution < -0.4 is 5.32 Å². The highest BCUT2D eigenvalue weighted by Gasteiger charge is 2.12. The van der Waals surface area contributed by atoms with Gasteiger partial charge in [0.15, 0.2) is 0 Å². The molecule has 21 heavy (non-hydrogen) atoms. The van der Waals surface area contributed by atoms with Crippen molar-refractivity contribution in [2.75, 3.05) is 5.32 Å². The zero-order chi connectivity index (χ0) is 15.4. The first-order valence-electron chi connectivity index (χ1n) is 5.62. The van der Waals surface area contributed by atoms with E-state index in [1.54, 1.807) is 0 Å². The monoisotopic (exact) mass is 291 g/mol. The van der Waals surface area contributed by atoms with E-state index in [9.17, 15) is 19.7 Å². The van der Waals surface area contributed by atoms with Crippen LogP contribution in [0.1, 0.15) is 10.5 Å². The Morgan fingerprint density at radius 2 is 2.24 bits per heavy atom. The normalized spacial score (nSPS) is 10.1. The van der Waals surface area contributed by atoms with Gasteiger partial charge >= 0.3 is 11.7 Å². The van der Waals surface area contributed by atoms with E-state index < -0.39 is 16.8 Å². The maximum absolute atomic E-state index is 11.7. The minimum Gasteiger partial charge on any atom is -0.477 e. The molecule has 2 rings (SSSR count). The molecule has 2 aromatic heterocycles. The molecule has 0 aromatic carbocycles. The second-order valence-electron chi connectivity index (χ2n) is 3.94. The smallest absolute Gasteiger partial charge is 0.354 e. The van der Waals surface area contributed by atoms with Gasteiger partial charge in [-0.15, -0.1) is 0 Å². The Morgan fingerprint density at radius 1 is 1.48 bits per heavy atom. The number of anilines is 1. The molecule has 10 heteroatoms. The Bertz CT molecular complexity index is 711. The third kappa shape index (κ3) is 3.59. The Kier molecular flexibility index (Phi) is 3.88. The standard InChI is InChI=1S/C11H9N5O5/c17-10(6-15-5-8(4-13-15)16(20)21)14-7-1-2-12-9(3-7)11(18)19/h1-5H,6H2,(H,18,19)(H,12,14,17). The van der Waals surface area contributed by atoms with Gasteiger partial charge in [0.1, 0.15) is 24.6 Å². The molecule has 2 N–H and O–H groups in total. The van der Waals surface area contributed by atoms with Crippen LogP contribution in [0.2, 0.25) is 0 Å². The summed E-state index contributed by atoms with van der Waals surface area (Å²) in [6, 6.07) is 2.63. The first-order valence-corrected chi connectivity index (χ1v) is 5.62. The van der Waals surface area contributed by atoms with Gasteiger partial charge in [0, 0.05) is 11.9 Å². The summed E-state index contributed by atoms with van der Waals surface area (Å²) in [5, 5.41) is 25.4. The number of carboxylic acids is 1. The van der Waals surface area contributed by atoms with Crippen LogP contribution >= 0.6 is 0 Å². The highest BCUT2D eigenvalue weighted by molar-refractivity contribution is 5.92. The number of rotatable bonds is 5. The third-order valence-electron chi connectivity index (χ3n) is 2.40. The third-order valence-corrected chi connectivity index (χ3v) is 2.40. The van der Waals surface area contributed by atoms with Gasteiger partial charge in [-0.1, -0.05) is 0 Å². The van der Waals surface area contributed by atoms with Crippen molar-refractivity contribution in [1.29, 1.82) is 0 Å². The van der Waals surface area contributed by atoms with Gasteiger partial charge in [0.2, 0.25) is 5.91 Å². The van der Waals surface area contributed by atoms with E-state index in [-0.39, 0.29) is 23.6 Å². The molecule has 0 spiro atoms. The van der Waals surface area contributed by atoms with Crippen molar-refractivity contribution in [3.8, 4) is 0 Å². The zero-order valence-electron chi connectivity index (χ0n) is 10.5. The molecule has 0 atom stereocenters. The highest BCUT2D eigenvalue weighted by Crippen LogP contribution is 2.10. The number of carbonyl (C=O) groups is 2. The molecule has 0 aliphatic rings. The Morgan fingerprint density at radius 3 is 2.86 bits per heavy atom. The molecule has 108 valence electrons. The number of pyridine rings is 1. The van der Waals surface area contributed by atoms with Crippen molar-refractivity contribution in [1.82, 2.24) is 14.8 Å². The number of carbonyl (C=O) groups excluding carboxylic acids is 1. The Labute approximate surface area is 117 Å². The van der Waals surface area contributed by atoms with Crippen molar-refractivity contribution in [3.63, 3.8) is 0 Å². The number of aromatic nitrogens is 3. The van der Waals surface area contributed by atoms with E-state index >= 15 is 0 Å². The lowest BCUT2D eigenvalue weighted by atomic mass is 10.3. The molecule has 0 fully saturated rings. The van der Waals surface area contributed by atoms with Gasteiger partial charge in [-0.2, -0.15) is 5.10 Å². The van der Waals surface area contributed by atoms with Crippen molar-refractivity contribution >= 4 is 23.3 Å².